The maximum atomic E-state index is 11.7. The van der Waals surface area contributed by atoms with Crippen LogP contribution in [-0.2, 0) is 14.8 Å². The van der Waals surface area contributed by atoms with E-state index < -0.39 is 15.9 Å². The Morgan fingerprint density at radius 1 is 1.47 bits per heavy atom. The van der Waals surface area contributed by atoms with Crippen LogP contribution in [0.25, 0.3) is 0 Å². The molecule has 0 aliphatic rings. The summed E-state index contributed by atoms with van der Waals surface area (Å²) in [5.41, 5.74) is 5.45. The van der Waals surface area contributed by atoms with Gasteiger partial charge in [-0.15, -0.1) is 0 Å². The number of sulfonamides is 1. The summed E-state index contributed by atoms with van der Waals surface area (Å²) in [5.74, 6) is -0.997. The van der Waals surface area contributed by atoms with Crippen LogP contribution in [0.4, 0.5) is 0 Å². The fourth-order valence-electron chi connectivity index (χ4n) is 1.23. The van der Waals surface area contributed by atoms with Crippen molar-refractivity contribution in [1.29, 1.82) is 0 Å². The molecule has 0 aromatic rings. The fourth-order valence-corrected chi connectivity index (χ4v) is 2.02. The van der Waals surface area contributed by atoms with E-state index in [1.807, 2.05) is 6.92 Å². The van der Waals surface area contributed by atoms with Crippen LogP contribution in [-0.4, -0.2) is 38.7 Å². The summed E-state index contributed by atoms with van der Waals surface area (Å²) in [5, 5.41) is 2.51. The van der Waals surface area contributed by atoms with Gasteiger partial charge in [0.1, 0.15) is 0 Å². The normalized spacial score (nSPS) is 13.1. The first-order valence-corrected chi connectivity index (χ1v) is 7.38. The van der Waals surface area contributed by atoms with Gasteiger partial charge in [-0.1, -0.05) is 25.6 Å². The van der Waals surface area contributed by atoms with Crippen molar-refractivity contribution >= 4 is 33.1 Å². The first-order chi connectivity index (χ1) is 7.84. The highest BCUT2D eigenvalue weighted by Gasteiger charge is 2.20. The van der Waals surface area contributed by atoms with Gasteiger partial charge in [0.2, 0.25) is 15.9 Å². The van der Waals surface area contributed by atoms with Gasteiger partial charge in [-0.05, 0) is 13.5 Å². The number of carbonyl (C=O) groups is 1. The predicted molar refractivity (Wildman–Crippen MR) is 71.0 cm³/mol. The molecule has 6 nitrogen and oxygen atoms in total. The lowest BCUT2D eigenvalue weighted by Gasteiger charge is -2.14. The van der Waals surface area contributed by atoms with Gasteiger partial charge >= 0.3 is 0 Å². The molecule has 8 heteroatoms. The molecular weight excluding hydrogens is 262 g/mol. The van der Waals surface area contributed by atoms with E-state index in [9.17, 15) is 13.2 Å². The van der Waals surface area contributed by atoms with E-state index in [1.165, 1.54) is 7.05 Å². The lowest BCUT2D eigenvalue weighted by molar-refractivity contribution is -0.123. The van der Waals surface area contributed by atoms with Crippen molar-refractivity contribution in [1.82, 2.24) is 10.0 Å². The molecule has 0 aromatic heterocycles. The van der Waals surface area contributed by atoms with Crippen LogP contribution >= 0.6 is 12.2 Å². The molecule has 0 radical (unpaired) electrons. The number of hydrogen-bond donors (Lipinski definition) is 3. The highest BCUT2D eigenvalue weighted by Crippen LogP contribution is 2.06. The van der Waals surface area contributed by atoms with Crippen LogP contribution in [0.15, 0.2) is 0 Å². The Labute approximate surface area is 107 Å². The Morgan fingerprint density at radius 3 is 2.47 bits per heavy atom. The van der Waals surface area contributed by atoms with E-state index in [0.29, 0.717) is 6.42 Å². The Hall–Kier alpha value is -0.730. The van der Waals surface area contributed by atoms with E-state index in [4.69, 9.17) is 18.0 Å². The second kappa shape index (κ2) is 7.57. The second-order valence-corrected chi connectivity index (χ2v) is 6.08. The molecule has 0 heterocycles. The molecule has 0 saturated carbocycles. The molecule has 0 aliphatic heterocycles. The predicted octanol–water partition coefficient (Wildman–Crippen LogP) is -0.646. The van der Waals surface area contributed by atoms with Crippen LogP contribution in [0.5, 0.6) is 0 Å². The average molecular weight is 281 g/mol. The Balaban J connectivity index is 4.20. The van der Waals surface area contributed by atoms with Crippen molar-refractivity contribution in [2.45, 2.75) is 19.8 Å². The topological polar surface area (TPSA) is 101 Å². The van der Waals surface area contributed by atoms with Crippen LogP contribution in [0, 0.1) is 5.92 Å². The minimum Gasteiger partial charge on any atom is -0.393 e. The van der Waals surface area contributed by atoms with Crippen molar-refractivity contribution in [3.63, 3.8) is 0 Å². The van der Waals surface area contributed by atoms with Crippen LogP contribution in [0.3, 0.4) is 0 Å². The molecule has 1 unspecified atom stereocenters. The maximum absolute atomic E-state index is 11.7. The third-order valence-corrected chi connectivity index (χ3v) is 3.87. The number of amides is 1. The molecular formula is C9H19N3O3S2. The first-order valence-electron chi connectivity index (χ1n) is 5.32. The third-order valence-electron chi connectivity index (χ3n) is 2.22. The number of thiocarbonyl (C=S) groups is 1. The van der Waals surface area contributed by atoms with E-state index in [0.717, 1.165) is 6.42 Å². The zero-order chi connectivity index (χ0) is 13.5. The number of hydrogen-bond acceptors (Lipinski definition) is 4. The van der Waals surface area contributed by atoms with E-state index in [-0.39, 0.29) is 23.2 Å². The fraction of sp³-hybridized carbons (Fsp3) is 0.778. The smallest absolute Gasteiger partial charge is 0.229 e. The van der Waals surface area contributed by atoms with Gasteiger partial charge in [-0.3, -0.25) is 4.79 Å². The molecule has 100 valence electrons. The summed E-state index contributed by atoms with van der Waals surface area (Å²) in [6.07, 6.45) is 1.35. The van der Waals surface area contributed by atoms with Crippen molar-refractivity contribution < 1.29 is 13.2 Å². The molecule has 0 aliphatic carbocycles. The summed E-state index contributed by atoms with van der Waals surface area (Å²) in [6, 6.07) is 0. The third kappa shape index (κ3) is 6.54. The second-order valence-electron chi connectivity index (χ2n) is 3.56. The molecule has 4 N–H and O–H groups in total. The van der Waals surface area contributed by atoms with Gasteiger partial charge in [-0.2, -0.15) is 0 Å². The van der Waals surface area contributed by atoms with Crippen molar-refractivity contribution in [3.05, 3.63) is 0 Å². The standard InChI is InChI=1S/C9H19N3O3S2/c1-3-4-7(8(10)16)9(13)12-5-6-17(14,15)11-2/h7,11H,3-6H2,1-2H3,(H2,10,16)(H,12,13). The number of nitrogens with two attached hydrogens (primary N) is 1. The zero-order valence-corrected chi connectivity index (χ0v) is 11.7. The van der Waals surface area contributed by atoms with Gasteiger partial charge in [0, 0.05) is 6.54 Å². The summed E-state index contributed by atoms with van der Waals surface area (Å²) in [7, 11) is -1.98. The molecule has 17 heavy (non-hydrogen) atoms. The minimum absolute atomic E-state index is 0.0465. The van der Waals surface area contributed by atoms with Gasteiger partial charge in [0.05, 0.1) is 16.7 Å². The first kappa shape index (κ1) is 16.3. The molecule has 0 aromatic carbocycles. The molecule has 0 rings (SSSR count). The Morgan fingerprint density at radius 2 is 2.06 bits per heavy atom. The molecule has 0 saturated heterocycles. The van der Waals surface area contributed by atoms with Crippen molar-refractivity contribution in [3.8, 4) is 0 Å². The Bertz CT molecular complexity index is 368. The molecule has 0 bridgehead atoms. The van der Waals surface area contributed by atoms with Gasteiger partial charge in [-0.25, -0.2) is 13.1 Å². The summed E-state index contributed by atoms with van der Waals surface area (Å²) >= 11 is 4.79. The van der Waals surface area contributed by atoms with Crippen LogP contribution < -0.4 is 15.8 Å². The highest BCUT2D eigenvalue weighted by molar-refractivity contribution is 7.89. The summed E-state index contributed by atoms with van der Waals surface area (Å²) < 4.78 is 24.4. The van der Waals surface area contributed by atoms with E-state index in [1.54, 1.807) is 0 Å². The highest BCUT2D eigenvalue weighted by atomic mass is 32.2. The van der Waals surface area contributed by atoms with E-state index in [2.05, 4.69) is 10.0 Å². The van der Waals surface area contributed by atoms with Crippen molar-refractivity contribution in [2.24, 2.45) is 11.7 Å². The molecule has 0 fully saturated rings. The number of carbonyl (C=O) groups excluding carboxylic acids is 1. The van der Waals surface area contributed by atoms with Crippen LogP contribution in [0.1, 0.15) is 19.8 Å². The average Bonchev–Trinajstić information content (AvgIpc) is 2.25. The zero-order valence-electron chi connectivity index (χ0n) is 10.0. The summed E-state index contributed by atoms with van der Waals surface area (Å²) in [6.45, 7) is 1.97. The van der Waals surface area contributed by atoms with Gasteiger partial charge < -0.3 is 11.1 Å². The van der Waals surface area contributed by atoms with Crippen molar-refractivity contribution in [2.75, 3.05) is 19.3 Å². The number of nitrogens with one attached hydrogen (secondary N) is 2. The summed E-state index contributed by atoms with van der Waals surface area (Å²) in [4.78, 5) is 11.8. The van der Waals surface area contributed by atoms with Crippen LogP contribution in [0.2, 0.25) is 0 Å². The minimum atomic E-state index is -3.30. The van der Waals surface area contributed by atoms with E-state index >= 15 is 0 Å². The lowest BCUT2D eigenvalue weighted by atomic mass is 10.0. The van der Waals surface area contributed by atoms with Gasteiger partial charge in [0.25, 0.3) is 0 Å². The lowest BCUT2D eigenvalue weighted by Crippen LogP contribution is -2.40. The molecule has 0 spiro atoms. The molecule has 1 amide bonds. The van der Waals surface area contributed by atoms with Gasteiger partial charge in [0.15, 0.2) is 0 Å². The maximum Gasteiger partial charge on any atom is 0.229 e. The largest absolute Gasteiger partial charge is 0.393 e. The number of rotatable bonds is 8. The monoisotopic (exact) mass is 281 g/mol. The molecule has 1 atom stereocenters. The SMILES string of the molecule is CCCC(C(=O)NCCS(=O)(=O)NC)C(N)=S. The Kier molecular flexibility index (Phi) is 7.24. The quantitative estimate of drug-likeness (QED) is 0.513.